The zero-order valence-electron chi connectivity index (χ0n) is 12.5. The van der Waals surface area contributed by atoms with E-state index >= 15 is 0 Å². The minimum atomic E-state index is -3.55. The molecule has 0 saturated heterocycles. The maximum atomic E-state index is 12.9. The molecule has 0 atom stereocenters. The van der Waals surface area contributed by atoms with E-state index in [0.717, 1.165) is 15.3 Å². The molecule has 0 fully saturated rings. The third-order valence-corrected chi connectivity index (χ3v) is 6.53. The molecule has 0 spiro atoms. The number of hydrogen-bond acceptors (Lipinski definition) is 4. The Bertz CT molecular complexity index is 719. The van der Waals surface area contributed by atoms with Gasteiger partial charge in [0.1, 0.15) is 4.90 Å². The van der Waals surface area contributed by atoms with Crippen molar-refractivity contribution in [3.05, 3.63) is 45.6 Å². The van der Waals surface area contributed by atoms with E-state index in [9.17, 15) is 8.42 Å². The highest BCUT2D eigenvalue weighted by atomic mass is 32.2. The number of benzene rings is 1. The quantitative estimate of drug-likeness (QED) is 0.919. The monoisotopic (exact) mass is 324 g/mol. The summed E-state index contributed by atoms with van der Waals surface area (Å²) in [7, 11) is -3.55. The molecule has 0 amide bonds. The van der Waals surface area contributed by atoms with Crippen molar-refractivity contribution >= 4 is 27.0 Å². The van der Waals surface area contributed by atoms with Crippen LogP contribution in [0.25, 0.3) is 0 Å². The maximum absolute atomic E-state index is 12.9. The molecule has 2 aromatic rings. The van der Waals surface area contributed by atoms with Crippen LogP contribution in [0.5, 0.6) is 0 Å². The summed E-state index contributed by atoms with van der Waals surface area (Å²) in [4.78, 5) is 2.02. The van der Waals surface area contributed by atoms with Gasteiger partial charge in [-0.15, -0.1) is 11.3 Å². The second kappa shape index (κ2) is 6.17. The summed E-state index contributed by atoms with van der Waals surface area (Å²) in [5.41, 5.74) is 7.40. The van der Waals surface area contributed by atoms with Crippen LogP contribution < -0.4 is 10.0 Å². The molecule has 0 aliphatic rings. The molecule has 4 nitrogen and oxygen atoms in total. The van der Waals surface area contributed by atoms with Gasteiger partial charge in [0.05, 0.1) is 5.69 Å². The summed E-state index contributed by atoms with van der Waals surface area (Å²) in [6.07, 6.45) is 0. The summed E-state index contributed by atoms with van der Waals surface area (Å²) in [5, 5.41) is 0. The normalized spacial score (nSPS) is 11.6. The molecule has 0 unspecified atom stereocenters. The molecule has 0 aliphatic heterocycles. The largest absolute Gasteiger partial charge is 0.326 e. The minimum Gasteiger partial charge on any atom is -0.326 e. The fourth-order valence-corrected chi connectivity index (χ4v) is 5.16. The lowest BCUT2D eigenvalue weighted by atomic mass is 10.2. The zero-order chi connectivity index (χ0) is 15.6. The number of anilines is 1. The first kappa shape index (κ1) is 16.0. The highest BCUT2D eigenvalue weighted by Gasteiger charge is 2.26. The third-order valence-electron chi connectivity index (χ3n) is 3.30. The van der Waals surface area contributed by atoms with Gasteiger partial charge in [0.2, 0.25) is 0 Å². The number of nitrogens with two attached hydrogens (primary N) is 1. The second-order valence-corrected chi connectivity index (χ2v) is 8.01. The van der Waals surface area contributed by atoms with E-state index in [4.69, 9.17) is 5.73 Å². The van der Waals surface area contributed by atoms with Crippen LogP contribution in [0.2, 0.25) is 0 Å². The molecule has 2 rings (SSSR count). The predicted octanol–water partition coefficient (Wildman–Crippen LogP) is 3.04. The van der Waals surface area contributed by atoms with E-state index in [1.54, 1.807) is 6.07 Å². The summed E-state index contributed by atoms with van der Waals surface area (Å²) in [5.74, 6) is 0. The molecule has 0 aliphatic carbocycles. The van der Waals surface area contributed by atoms with Crippen molar-refractivity contribution in [3.8, 4) is 0 Å². The molecular weight excluding hydrogens is 304 g/mol. The molecular formula is C15H20N2O2S2. The van der Waals surface area contributed by atoms with Gasteiger partial charge in [0.25, 0.3) is 10.0 Å². The van der Waals surface area contributed by atoms with Crippen molar-refractivity contribution in [1.29, 1.82) is 0 Å². The van der Waals surface area contributed by atoms with Gasteiger partial charge in [0, 0.05) is 22.8 Å². The molecule has 1 aromatic heterocycles. The molecule has 21 heavy (non-hydrogen) atoms. The van der Waals surface area contributed by atoms with Gasteiger partial charge < -0.3 is 5.73 Å². The Balaban J connectivity index is 2.49. The molecule has 1 heterocycles. The molecule has 114 valence electrons. The van der Waals surface area contributed by atoms with Gasteiger partial charge >= 0.3 is 0 Å². The highest BCUT2D eigenvalue weighted by Crippen LogP contribution is 2.30. The standard InChI is InChI=1S/C15H20N2O2S2/c1-4-17(13-7-5-11(2)6-8-13)21(18,19)15-9-14(10-16)20-12(15)3/h5-9H,4,10,16H2,1-3H3. The minimum absolute atomic E-state index is 0.357. The lowest BCUT2D eigenvalue weighted by molar-refractivity contribution is 0.591. The van der Waals surface area contributed by atoms with E-state index in [1.165, 1.54) is 15.6 Å². The second-order valence-electron chi connectivity index (χ2n) is 4.84. The van der Waals surface area contributed by atoms with E-state index in [1.807, 2.05) is 45.0 Å². The van der Waals surface area contributed by atoms with Crippen LogP contribution in [0.4, 0.5) is 5.69 Å². The average molecular weight is 324 g/mol. The summed E-state index contributed by atoms with van der Waals surface area (Å²) in [6, 6.07) is 9.19. The van der Waals surface area contributed by atoms with Gasteiger partial charge in [-0.1, -0.05) is 17.7 Å². The molecule has 1 aromatic carbocycles. The Morgan fingerprint density at radius 2 is 1.81 bits per heavy atom. The first-order valence-corrected chi connectivity index (χ1v) is 9.04. The van der Waals surface area contributed by atoms with Crippen LogP contribution in [0.1, 0.15) is 22.2 Å². The Kier molecular flexibility index (Phi) is 4.70. The van der Waals surface area contributed by atoms with Gasteiger partial charge in [-0.3, -0.25) is 4.31 Å². The van der Waals surface area contributed by atoms with Gasteiger partial charge in [0.15, 0.2) is 0 Å². The van der Waals surface area contributed by atoms with E-state index < -0.39 is 10.0 Å². The first-order chi connectivity index (χ1) is 9.90. The third kappa shape index (κ3) is 3.12. The van der Waals surface area contributed by atoms with Gasteiger partial charge in [-0.05, 0) is 39.0 Å². The predicted molar refractivity (Wildman–Crippen MR) is 88.3 cm³/mol. The molecule has 0 radical (unpaired) electrons. The van der Waals surface area contributed by atoms with Gasteiger partial charge in [-0.2, -0.15) is 0 Å². The average Bonchev–Trinajstić information content (AvgIpc) is 2.83. The van der Waals surface area contributed by atoms with Crippen molar-refractivity contribution in [3.63, 3.8) is 0 Å². The Morgan fingerprint density at radius 1 is 1.19 bits per heavy atom. The number of nitrogens with zero attached hydrogens (tertiary/aromatic N) is 1. The molecule has 0 saturated carbocycles. The van der Waals surface area contributed by atoms with Crippen molar-refractivity contribution in [2.45, 2.75) is 32.2 Å². The smallest absolute Gasteiger partial charge is 0.265 e. The Hall–Kier alpha value is -1.37. The van der Waals surface area contributed by atoms with Crippen LogP contribution in [0, 0.1) is 13.8 Å². The van der Waals surface area contributed by atoms with Crippen LogP contribution in [0.3, 0.4) is 0 Å². The maximum Gasteiger partial charge on any atom is 0.265 e. The summed E-state index contributed by atoms with van der Waals surface area (Å²) >= 11 is 1.44. The van der Waals surface area contributed by atoms with Crippen molar-refractivity contribution < 1.29 is 8.42 Å². The summed E-state index contributed by atoms with van der Waals surface area (Å²) < 4.78 is 27.2. The molecule has 6 heteroatoms. The van der Waals surface area contributed by atoms with Gasteiger partial charge in [-0.25, -0.2) is 8.42 Å². The Labute approximate surface area is 130 Å². The van der Waals surface area contributed by atoms with Crippen LogP contribution >= 0.6 is 11.3 Å². The van der Waals surface area contributed by atoms with Crippen molar-refractivity contribution in [2.75, 3.05) is 10.8 Å². The van der Waals surface area contributed by atoms with Crippen LogP contribution in [0.15, 0.2) is 35.2 Å². The van der Waals surface area contributed by atoms with E-state index in [-0.39, 0.29) is 0 Å². The highest BCUT2D eigenvalue weighted by molar-refractivity contribution is 7.93. The van der Waals surface area contributed by atoms with E-state index in [2.05, 4.69) is 0 Å². The number of sulfonamides is 1. The Morgan fingerprint density at radius 3 is 2.29 bits per heavy atom. The number of rotatable bonds is 5. The number of hydrogen-bond donors (Lipinski definition) is 1. The summed E-state index contributed by atoms with van der Waals surface area (Å²) in [6.45, 7) is 6.38. The zero-order valence-corrected chi connectivity index (χ0v) is 14.1. The van der Waals surface area contributed by atoms with Crippen molar-refractivity contribution in [1.82, 2.24) is 0 Å². The number of aryl methyl sites for hydroxylation is 2. The molecule has 0 bridgehead atoms. The fourth-order valence-electron chi connectivity index (χ4n) is 2.20. The molecule has 2 N–H and O–H groups in total. The topological polar surface area (TPSA) is 63.4 Å². The van der Waals surface area contributed by atoms with Crippen LogP contribution in [-0.2, 0) is 16.6 Å². The fraction of sp³-hybridized carbons (Fsp3) is 0.333. The first-order valence-electron chi connectivity index (χ1n) is 6.79. The lowest BCUT2D eigenvalue weighted by Crippen LogP contribution is -2.30. The lowest BCUT2D eigenvalue weighted by Gasteiger charge is -2.23. The van der Waals surface area contributed by atoms with E-state index in [0.29, 0.717) is 23.7 Å². The van der Waals surface area contributed by atoms with Crippen LogP contribution in [-0.4, -0.2) is 15.0 Å². The number of thiophene rings is 1. The SMILES string of the molecule is CCN(c1ccc(C)cc1)S(=O)(=O)c1cc(CN)sc1C. The van der Waals surface area contributed by atoms with Crippen molar-refractivity contribution in [2.24, 2.45) is 5.73 Å².